The molecule has 1 amide bonds. The van der Waals surface area contributed by atoms with Gasteiger partial charge in [-0.1, -0.05) is 22.0 Å². The molecule has 2 heterocycles. The third kappa shape index (κ3) is 7.30. The van der Waals surface area contributed by atoms with E-state index in [0.29, 0.717) is 23.6 Å². The Morgan fingerprint density at radius 3 is 2.45 bits per heavy atom. The van der Waals surface area contributed by atoms with E-state index in [9.17, 15) is 13.2 Å². The monoisotopic (exact) mass is 473 g/mol. The van der Waals surface area contributed by atoms with E-state index in [1.807, 2.05) is 7.05 Å². The molecule has 2 aromatic rings. The van der Waals surface area contributed by atoms with Gasteiger partial charge in [-0.25, -0.2) is 4.98 Å². The molecule has 0 unspecified atom stereocenters. The molecule has 0 spiro atoms. The van der Waals surface area contributed by atoms with Crippen molar-refractivity contribution in [2.75, 3.05) is 38.5 Å². The fourth-order valence-electron chi connectivity index (χ4n) is 2.92. The molecule has 0 atom stereocenters. The van der Waals surface area contributed by atoms with Crippen LogP contribution in [0, 0.1) is 0 Å². The van der Waals surface area contributed by atoms with E-state index < -0.39 is 11.7 Å². The van der Waals surface area contributed by atoms with Crippen molar-refractivity contribution in [1.29, 1.82) is 0 Å². The lowest BCUT2D eigenvalue weighted by Crippen LogP contribution is -2.44. The van der Waals surface area contributed by atoms with Gasteiger partial charge in [0.1, 0.15) is 5.82 Å². The zero-order valence-electron chi connectivity index (χ0n) is 15.9. The lowest BCUT2D eigenvalue weighted by atomic mass is 10.0. The highest BCUT2D eigenvalue weighted by atomic mass is 79.9. The van der Waals surface area contributed by atoms with Gasteiger partial charge < -0.3 is 16.0 Å². The average Bonchev–Trinajstić information content (AvgIpc) is 2.65. The van der Waals surface area contributed by atoms with Gasteiger partial charge in [0.15, 0.2) is 0 Å². The molecule has 6 nitrogen and oxygen atoms in total. The molecule has 1 aliphatic rings. The minimum atomic E-state index is -4.40. The van der Waals surface area contributed by atoms with E-state index in [2.05, 4.69) is 41.8 Å². The van der Waals surface area contributed by atoms with Crippen molar-refractivity contribution < 1.29 is 18.0 Å². The molecule has 0 aliphatic carbocycles. The Labute approximate surface area is 176 Å². The molecule has 1 aliphatic heterocycles. The van der Waals surface area contributed by atoms with Gasteiger partial charge in [0.25, 0.3) is 0 Å². The summed E-state index contributed by atoms with van der Waals surface area (Å²) < 4.78 is 41.5. The van der Waals surface area contributed by atoms with Crippen LogP contribution in [0.3, 0.4) is 0 Å². The molecule has 0 bridgehead atoms. The quantitative estimate of drug-likeness (QED) is 0.665. The summed E-state index contributed by atoms with van der Waals surface area (Å²) in [5.41, 5.74) is 4.23. The van der Waals surface area contributed by atoms with Crippen LogP contribution in [-0.2, 0) is 17.5 Å². The lowest BCUT2D eigenvalue weighted by molar-refractivity contribution is -0.138. The van der Waals surface area contributed by atoms with Crippen LogP contribution in [0.2, 0.25) is 0 Å². The van der Waals surface area contributed by atoms with Gasteiger partial charge in [0, 0.05) is 49.1 Å². The zero-order chi connectivity index (χ0) is 21.4. The van der Waals surface area contributed by atoms with Crippen LogP contribution < -0.4 is 11.1 Å². The molecular weight excluding hydrogens is 451 g/mol. The lowest BCUT2D eigenvalue weighted by Gasteiger charge is -2.33. The van der Waals surface area contributed by atoms with E-state index >= 15 is 0 Å². The van der Waals surface area contributed by atoms with Crippen LogP contribution >= 0.6 is 15.9 Å². The number of amides is 1. The van der Waals surface area contributed by atoms with Crippen molar-refractivity contribution in [3.8, 4) is 0 Å². The number of halogens is 4. The van der Waals surface area contributed by atoms with Gasteiger partial charge in [-0.2, -0.15) is 13.2 Å². The van der Waals surface area contributed by atoms with Crippen molar-refractivity contribution in [2.24, 2.45) is 5.73 Å². The number of benzene rings is 1. The smallest absolute Gasteiger partial charge is 0.372 e. The van der Waals surface area contributed by atoms with Crippen LogP contribution in [0.15, 0.2) is 41.0 Å². The molecule has 1 aromatic carbocycles. The molecule has 1 fully saturated rings. The largest absolute Gasteiger partial charge is 0.416 e. The Bertz CT molecular complexity index is 811. The first-order valence-electron chi connectivity index (χ1n) is 8.88. The number of nitrogens with zero attached hydrogens (tertiary/aromatic N) is 3. The Balaban J connectivity index is 0.000000941. The van der Waals surface area contributed by atoms with Gasteiger partial charge >= 0.3 is 6.18 Å². The van der Waals surface area contributed by atoms with Crippen LogP contribution in [-0.4, -0.2) is 54.4 Å². The summed E-state index contributed by atoms with van der Waals surface area (Å²) in [6, 6.07) is 7.86. The normalized spacial score (nSPS) is 15.3. The highest BCUT2D eigenvalue weighted by molar-refractivity contribution is 9.10. The van der Waals surface area contributed by atoms with Crippen molar-refractivity contribution in [2.45, 2.75) is 12.7 Å². The maximum absolute atomic E-state index is 13.6. The van der Waals surface area contributed by atoms with Crippen molar-refractivity contribution in [3.63, 3.8) is 0 Å². The van der Waals surface area contributed by atoms with E-state index in [-0.39, 0.29) is 6.41 Å². The number of hydrogen-bond acceptors (Lipinski definition) is 5. The maximum atomic E-state index is 13.6. The number of carbonyl (C=O) groups excluding carboxylic acids is 1. The van der Waals surface area contributed by atoms with Gasteiger partial charge in [-0.3, -0.25) is 9.69 Å². The molecule has 3 rings (SSSR count). The first-order valence-corrected chi connectivity index (χ1v) is 9.67. The molecule has 29 heavy (non-hydrogen) atoms. The second kappa shape index (κ2) is 10.6. The Hall–Kier alpha value is -2.17. The summed E-state index contributed by atoms with van der Waals surface area (Å²) in [7, 11) is 2.02. The molecule has 158 valence electrons. The number of nitrogens with two attached hydrogens (primary N) is 1. The fourth-order valence-corrected chi connectivity index (χ4v) is 3.26. The van der Waals surface area contributed by atoms with Crippen molar-refractivity contribution in [3.05, 3.63) is 52.1 Å². The number of carbonyl (C=O) groups is 1. The van der Waals surface area contributed by atoms with Gasteiger partial charge in [0.05, 0.1) is 5.56 Å². The number of aromatic nitrogens is 1. The molecule has 1 aromatic heterocycles. The Kier molecular flexibility index (Phi) is 8.42. The standard InChI is InChI=1S/C18H20BrF3N4.CH3NO/c1-25-6-8-26(9-7-25)12-13-2-3-15(11-16(13)18(20,21)22)24-17-10-14(19)4-5-23-17;2-1-3/h2-5,10-11H,6-9,12H2,1H3,(H,23,24);1H,(H2,2,3). The summed E-state index contributed by atoms with van der Waals surface area (Å²) in [6.07, 6.45) is -2.57. The highest BCUT2D eigenvalue weighted by Gasteiger charge is 2.34. The summed E-state index contributed by atoms with van der Waals surface area (Å²) in [5, 5.41) is 2.93. The number of rotatable bonds is 4. The Morgan fingerprint density at radius 1 is 1.21 bits per heavy atom. The predicted octanol–water partition coefficient (Wildman–Crippen LogP) is 3.46. The topological polar surface area (TPSA) is 74.5 Å². The first-order chi connectivity index (χ1) is 13.7. The number of likely N-dealkylation sites (N-methyl/N-ethyl adjacent to an activating group) is 1. The zero-order valence-corrected chi connectivity index (χ0v) is 17.5. The second-order valence-corrected chi connectivity index (χ2v) is 7.49. The number of alkyl halides is 3. The number of primary amides is 1. The minimum absolute atomic E-state index is 0.250. The summed E-state index contributed by atoms with van der Waals surface area (Å²) >= 11 is 3.32. The second-order valence-electron chi connectivity index (χ2n) is 6.57. The molecule has 0 saturated carbocycles. The van der Waals surface area contributed by atoms with E-state index in [4.69, 9.17) is 4.79 Å². The molecule has 3 N–H and O–H groups in total. The number of nitrogens with one attached hydrogen (secondary N) is 1. The summed E-state index contributed by atoms with van der Waals surface area (Å²) in [5.74, 6) is 0.485. The number of anilines is 2. The van der Waals surface area contributed by atoms with E-state index in [0.717, 1.165) is 36.7 Å². The average molecular weight is 474 g/mol. The predicted molar refractivity (Wildman–Crippen MR) is 110 cm³/mol. The number of hydrogen-bond donors (Lipinski definition) is 2. The summed E-state index contributed by atoms with van der Waals surface area (Å²) in [6.45, 7) is 3.59. The van der Waals surface area contributed by atoms with Crippen LogP contribution in [0.5, 0.6) is 0 Å². The molecule has 1 saturated heterocycles. The molecule has 0 radical (unpaired) electrons. The third-order valence-corrected chi connectivity index (χ3v) is 4.89. The number of pyridine rings is 1. The minimum Gasteiger partial charge on any atom is -0.372 e. The van der Waals surface area contributed by atoms with Gasteiger partial charge in [0.2, 0.25) is 6.41 Å². The van der Waals surface area contributed by atoms with Crippen LogP contribution in [0.4, 0.5) is 24.7 Å². The van der Waals surface area contributed by atoms with Crippen LogP contribution in [0.1, 0.15) is 11.1 Å². The Morgan fingerprint density at radius 2 is 1.86 bits per heavy atom. The van der Waals surface area contributed by atoms with Crippen molar-refractivity contribution in [1.82, 2.24) is 14.8 Å². The van der Waals surface area contributed by atoms with E-state index in [1.165, 1.54) is 0 Å². The van der Waals surface area contributed by atoms with Gasteiger partial charge in [-0.05, 0) is 36.9 Å². The van der Waals surface area contributed by atoms with Crippen LogP contribution in [0.25, 0.3) is 0 Å². The summed E-state index contributed by atoms with van der Waals surface area (Å²) in [4.78, 5) is 16.9. The van der Waals surface area contributed by atoms with Crippen molar-refractivity contribution >= 4 is 33.8 Å². The first kappa shape index (κ1) is 23.1. The highest BCUT2D eigenvalue weighted by Crippen LogP contribution is 2.35. The molecular formula is C19H23BrF3N5O. The number of piperazine rings is 1. The maximum Gasteiger partial charge on any atom is 0.416 e. The van der Waals surface area contributed by atoms with Gasteiger partial charge in [-0.15, -0.1) is 0 Å². The van der Waals surface area contributed by atoms with E-state index in [1.54, 1.807) is 30.5 Å². The molecule has 10 heteroatoms. The fraction of sp³-hybridized carbons (Fsp3) is 0.368. The SMILES string of the molecule is CN1CCN(Cc2ccc(Nc3cc(Br)ccn3)cc2C(F)(F)F)CC1.NC=O. The third-order valence-electron chi connectivity index (χ3n) is 4.40.